The molecule has 0 saturated carbocycles. The summed E-state index contributed by atoms with van der Waals surface area (Å²) in [5.74, 6) is 0. The van der Waals surface area contributed by atoms with Gasteiger partial charge in [-0.3, -0.25) is 0 Å². The topological polar surface area (TPSA) is 34.6 Å². The summed E-state index contributed by atoms with van der Waals surface area (Å²) in [6, 6.07) is 27.7. The molecule has 0 radical (unpaired) electrons. The minimum atomic E-state index is -0.411. The Labute approximate surface area is 211 Å². The Morgan fingerprint density at radius 3 is 2.17 bits per heavy atom. The largest absolute Gasteiger partial charge is 0.494 e. The molecule has 0 spiro atoms. The molecule has 0 N–H and O–H groups in total. The van der Waals surface area contributed by atoms with E-state index in [1.807, 2.05) is 12.1 Å². The lowest BCUT2D eigenvalue weighted by atomic mass is 9.78. The Hall–Kier alpha value is -3.54. The molecule has 178 valence electrons. The Morgan fingerprint density at radius 1 is 0.694 bits per heavy atom. The molecule has 5 aromatic rings. The molecule has 36 heavy (non-hydrogen) atoms. The van der Waals surface area contributed by atoms with Gasteiger partial charge >= 0.3 is 7.12 Å². The highest BCUT2D eigenvalue weighted by Crippen LogP contribution is 2.59. The van der Waals surface area contributed by atoms with E-state index in [2.05, 4.69) is 106 Å². The van der Waals surface area contributed by atoms with E-state index in [4.69, 9.17) is 13.7 Å². The number of anilines is 3. The fourth-order valence-corrected chi connectivity index (χ4v) is 5.32. The first-order valence-corrected chi connectivity index (χ1v) is 12.5. The van der Waals surface area contributed by atoms with Crippen LogP contribution in [0.15, 0.2) is 83.3 Å². The van der Waals surface area contributed by atoms with E-state index < -0.39 is 7.12 Å². The van der Waals surface area contributed by atoms with Crippen molar-refractivity contribution in [1.29, 1.82) is 0 Å². The first-order chi connectivity index (χ1) is 17.2. The van der Waals surface area contributed by atoms with Gasteiger partial charge in [-0.05, 0) is 81.5 Å². The maximum absolute atomic E-state index is 6.43. The average molecular weight is 473 g/mol. The molecule has 0 atom stereocenters. The number of rotatable bonds is 3. The standard InChI is InChI=1S/C31H28BNO3/c1-19-10-6-7-11-22(19)25-16-20(32-35-30(2,3)31(4,5)36-32)17-26-29(25)33(26)21-14-15-28-24(18-21)23-12-8-9-13-27(23)34-28/h6-18H,1-5H3. The van der Waals surface area contributed by atoms with Gasteiger partial charge in [-0.2, -0.15) is 0 Å². The highest BCUT2D eigenvalue weighted by molar-refractivity contribution is 6.62. The van der Waals surface area contributed by atoms with E-state index in [1.165, 1.54) is 28.1 Å². The lowest BCUT2D eigenvalue weighted by Crippen LogP contribution is -2.41. The van der Waals surface area contributed by atoms with Crippen molar-refractivity contribution >= 4 is 51.6 Å². The van der Waals surface area contributed by atoms with Gasteiger partial charge in [0.25, 0.3) is 0 Å². The normalized spacial score (nSPS) is 17.7. The van der Waals surface area contributed by atoms with Crippen LogP contribution in [0.5, 0.6) is 0 Å². The van der Waals surface area contributed by atoms with Gasteiger partial charge in [0, 0.05) is 22.0 Å². The number of para-hydroxylation sites is 1. The monoisotopic (exact) mass is 473 g/mol. The third kappa shape index (κ3) is 3.09. The fourth-order valence-electron chi connectivity index (χ4n) is 5.32. The van der Waals surface area contributed by atoms with Crippen molar-refractivity contribution in [2.75, 3.05) is 4.90 Å². The molecule has 2 aliphatic rings. The smallest absolute Gasteiger partial charge is 0.456 e. The highest BCUT2D eigenvalue weighted by atomic mass is 16.7. The molecule has 7 rings (SSSR count). The van der Waals surface area contributed by atoms with Crippen molar-refractivity contribution in [3.05, 3.63) is 84.4 Å². The molecule has 1 fully saturated rings. The first-order valence-electron chi connectivity index (χ1n) is 12.5. The fraction of sp³-hybridized carbons (Fsp3) is 0.226. The summed E-state index contributed by atoms with van der Waals surface area (Å²) in [7, 11) is -0.411. The predicted molar refractivity (Wildman–Crippen MR) is 148 cm³/mol. The van der Waals surface area contributed by atoms with Gasteiger partial charge < -0.3 is 18.6 Å². The summed E-state index contributed by atoms with van der Waals surface area (Å²) in [6.45, 7) is 10.6. The number of hydrogen-bond donors (Lipinski definition) is 0. The van der Waals surface area contributed by atoms with Crippen LogP contribution in [0.25, 0.3) is 33.1 Å². The molecule has 0 aliphatic carbocycles. The summed E-state index contributed by atoms with van der Waals surface area (Å²) in [6.07, 6.45) is 0. The number of benzene rings is 4. The van der Waals surface area contributed by atoms with Crippen LogP contribution in [0.2, 0.25) is 0 Å². The number of furan rings is 1. The third-order valence-electron chi connectivity index (χ3n) is 8.11. The molecule has 3 heterocycles. The van der Waals surface area contributed by atoms with Crippen LogP contribution < -0.4 is 10.4 Å². The van der Waals surface area contributed by atoms with Crippen LogP contribution >= 0.6 is 0 Å². The van der Waals surface area contributed by atoms with E-state index in [0.717, 1.165) is 33.1 Å². The van der Waals surface area contributed by atoms with Crippen molar-refractivity contribution in [3.8, 4) is 11.1 Å². The lowest BCUT2D eigenvalue weighted by Gasteiger charge is -2.32. The van der Waals surface area contributed by atoms with Gasteiger partial charge in [-0.25, -0.2) is 0 Å². The third-order valence-corrected chi connectivity index (χ3v) is 8.11. The second-order valence-electron chi connectivity index (χ2n) is 11.0. The molecule has 0 amide bonds. The van der Waals surface area contributed by atoms with Crippen molar-refractivity contribution in [2.45, 2.75) is 45.8 Å². The van der Waals surface area contributed by atoms with Crippen molar-refractivity contribution in [1.82, 2.24) is 0 Å². The molecular formula is C31H28BNO3. The zero-order chi connectivity index (χ0) is 24.8. The Morgan fingerprint density at radius 2 is 1.39 bits per heavy atom. The summed E-state index contributed by atoms with van der Waals surface area (Å²) >= 11 is 0. The molecule has 1 aromatic heterocycles. The van der Waals surface area contributed by atoms with Crippen LogP contribution in [0.1, 0.15) is 33.3 Å². The Balaban J connectivity index is 1.37. The van der Waals surface area contributed by atoms with E-state index in [1.54, 1.807) is 0 Å². The molecule has 0 bridgehead atoms. The first kappa shape index (κ1) is 21.7. The summed E-state index contributed by atoms with van der Waals surface area (Å²) in [5, 5.41) is 2.27. The molecule has 4 aromatic carbocycles. The minimum absolute atomic E-state index is 0.388. The van der Waals surface area contributed by atoms with Crippen LogP contribution in [-0.2, 0) is 9.31 Å². The minimum Gasteiger partial charge on any atom is -0.456 e. The summed E-state index contributed by atoms with van der Waals surface area (Å²) < 4.78 is 18.9. The van der Waals surface area contributed by atoms with Crippen LogP contribution in [0, 0.1) is 6.92 Å². The van der Waals surface area contributed by atoms with Gasteiger partial charge in [0.15, 0.2) is 0 Å². The quantitative estimate of drug-likeness (QED) is 0.195. The summed E-state index contributed by atoms with van der Waals surface area (Å²) in [4.78, 5) is 2.33. The Bertz CT molecular complexity index is 1670. The molecule has 1 saturated heterocycles. The molecule has 4 nitrogen and oxygen atoms in total. The predicted octanol–water partition coefficient (Wildman–Crippen LogP) is 7.64. The average Bonchev–Trinajstić information content (AvgIpc) is 3.39. The van der Waals surface area contributed by atoms with Crippen molar-refractivity contribution in [2.24, 2.45) is 0 Å². The lowest BCUT2D eigenvalue weighted by molar-refractivity contribution is 0.00578. The number of aryl methyl sites for hydroxylation is 1. The molecule has 0 unspecified atom stereocenters. The number of nitrogens with zero attached hydrogens (tertiary/aromatic N) is 1. The van der Waals surface area contributed by atoms with Crippen LogP contribution in [-0.4, -0.2) is 18.3 Å². The SMILES string of the molecule is Cc1ccccc1-c1cc(B2OC(C)(C)C(C)(C)O2)cc2c1N2c1ccc2oc3ccccc3c2c1. The Kier molecular flexibility index (Phi) is 4.38. The maximum Gasteiger partial charge on any atom is 0.494 e. The maximum atomic E-state index is 6.43. The van der Waals surface area contributed by atoms with Gasteiger partial charge in [-0.15, -0.1) is 0 Å². The van der Waals surface area contributed by atoms with Gasteiger partial charge in [0.1, 0.15) is 11.2 Å². The van der Waals surface area contributed by atoms with E-state index in [0.29, 0.717) is 0 Å². The zero-order valence-corrected chi connectivity index (χ0v) is 21.3. The van der Waals surface area contributed by atoms with Crippen molar-refractivity contribution in [3.63, 3.8) is 0 Å². The summed E-state index contributed by atoms with van der Waals surface area (Å²) in [5.41, 5.74) is 9.31. The van der Waals surface area contributed by atoms with E-state index >= 15 is 0 Å². The van der Waals surface area contributed by atoms with Crippen molar-refractivity contribution < 1.29 is 13.7 Å². The second-order valence-corrected chi connectivity index (χ2v) is 11.0. The van der Waals surface area contributed by atoms with Gasteiger partial charge in [0.2, 0.25) is 0 Å². The highest BCUT2D eigenvalue weighted by Gasteiger charge is 2.52. The van der Waals surface area contributed by atoms with Gasteiger partial charge in [-0.1, -0.05) is 48.5 Å². The van der Waals surface area contributed by atoms with E-state index in [9.17, 15) is 0 Å². The molecular weight excluding hydrogens is 445 g/mol. The van der Waals surface area contributed by atoms with E-state index in [-0.39, 0.29) is 11.2 Å². The second kappa shape index (κ2) is 7.25. The zero-order valence-electron chi connectivity index (χ0n) is 21.3. The number of fused-ring (bicyclic) bond motifs is 4. The number of hydrogen-bond acceptors (Lipinski definition) is 4. The van der Waals surface area contributed by atoms with Crippen LogP contribution in [0.3, 0.4) is 0 Å². The molecule has 5 heteroatoms. The van der Waals surface area contributed by atoms with Gasteiger partial charge in [0.05, 0.1) is 22.6 Å². The van der Waals surface area contributed by atoms with Crippen LogP contribution in [0.4, 0.5) is 17.1 Å². The molecule has 2 aliphatic heterocycles.